The summed E-state index contributed by atoms with van der Waals surface area (Å²) in [6.07, 6.45) is 0.0463. The fraction of sp³-hybridized carbons (Fsp3) is 0.500. The maximum absolute atomic E-state index is 9.38. The fourth-order valence-corrected chi connectivity index (χ4v) is 0. The van der Waals surface area contributed by atoms with Crippen LogP contribution < -0.4 is 34.5 Å². The Morgan fingerprint density at radius 2 is 2.00 bits per heavy atom. The third kappa shape index (κ3) is 8.95. The van der Waals surface area contributed by atoms with Gasteiger partial charge in [-0.2, -0.15) is 0 Å². The Labute approximate surface area is 60.1 Å². The quantitative estimate of drug-likeness (QED) is 0.265. The molecule has 0 aliphatic heterocycles. The molecule has 0 N–H and O–H groups in total. The molecular weight excluding hydrogens is 110 g/mol. The van der Waals surface area contributed by atoms with Gasteiger partial charge in [-0.3, -0.25) is 0 Å². The Bertz CT molecular complexity index is 46.8. The molecule has 0 fully saturated rings. The molecule has 0 amide bonds. The van der Waals surface area contributed by atoms with E-state index >= 15 is 0 Å². The van der Waals surface area contributed by atoms with Crippen molar-refractivity contribution in [1.29, 1.82) is 0 Å². The van der Waals surface area contributed by atoms with E-state index in [2.05, 4.69) is 6.92 Å². The van der Waals surface area contributed by atoms with E-state index < -0.39 is 8.03 Å². The molecule has 1 unspecified atom stereocenters. The first kappa shape index (κ1) is 10.2. The van der Waals surface area contributed by atoms with Crippen molar-refractivity contribution >= 4 is 8.03 Å². The summed E-state index contributed by atoms with van der Waals surface area (Å²) in [5.74, 6) is 0. The van der Waals surface area contributed by atoms with Crippen molar-refractivity contribution in [2.24, 2.45) is 0 Å². The van der Waals surface area contributed by atoms with Crippen LogP contribution in [0.15, 0.2) is 0 Å². The Morgan fingerprint density at radius 1 is 1.83 bits per heavy atom. The molecule has 4 heteroatoms. The molecule has 2 nitrogen and oxygen atoms in total. The van der Waals surface area contributed by atoms with Crippen LogP contribution in [0.5, 0.6) is 0 Å². The molecule has 0 spiro atoms. The second kappa shape index (κ2) is 6.19. The second-order valence-electron chi connectivity index (χ2n) is 0.622. The first-order valence-electron chi connectivity index (χ1n) is 1.26. The SMILES string of the molecule is [CH2]C[PH](=O)[O-].[Na+]. The molecule has 0 rings (SSSR count). The summed E-state index contributed by atoms with van der Waals surface area (Å²) >= 11 is 0. The average Bonchev–Trinajstić information content (AvgIpc) is 1.38. The first-order valence-corrected chi connectivity index (χ1v) is 2.79. The van der Waals surface area contributed by atoms with E-state index in [-0.39, 0.29) is 35.7 Å². The Balaban J connectivity index is 0. The largest absolute Gasteiger partial charge is 1.00 e. The zero-order valence-electron chi connectivity index (χ0n) is 3.73. The molecule has 0 bridgehead atoms. The van der Waals surface area contributed by atoms with Gasteiger partial charge < -0.3 is 9.46 Å². The molecule has 0 aromatic carbocycles. The summed E-state index contributed by atoms with van der Waals surface area (Å²) < 4.78 is 9.38. The number of hydrogen-bond donors (Lipinski definition) is 0. The molecule has 0 heterocycles. The van der Waals surface area contributed by atoms with Crippen LogP contribution in [0.3, 0.4) is 0 Å². The van der Waals surface area contributed by atoms with Gasteiger partial charge in [-0.1, -0.05) is 0 Å². The van der Waals surface area contributed by atoms with E-state index in [4.69, 9.17) is 0 Å². The summed E-state index contributed by atoms with van der Waals surface area (Å²) in [7, 11) is -2.49. The number of hydrogen-bond acceptors (Lipinski definition) is 2. The number of rotatable bonds is 1. The second-order valence-corrected chi connectivity index (χ2v) is 1.87. The van der Waals surface area contributed by atoms with Crippen molar-refractivity contribution in [2.45, 2.75) is 0 Å². The van der Waals surface area contributed by atoms with E-state index in [1.165, 1.54) is 0 Å². The van der Waals surface area contributed by atoms with Gasteiger partial charge in [0.05, 0.1) is 0 Å². The molecule has 0 aliphatic rings. The van der Waals surface area contributed by atoms with Crippen molar-refractivity contribution in [3.63, 3.8) is 0 Å². The van der Waals surface area contributed by atoms with Crippen LogP contribution in [0.1, 0.15) is 0 Å². The van der Waals surface area contributed by atoms with Gasteiger partial charge in [0.1, 0.15) is 0 Å². The van der Waals surface area contributed by atoms with Crippen molar-refractivity contribution in [2.75, 3.05) is 6.16 Å². The van der Waals surface area contributed by atoms with E-state index in [1.807, 2.05) is 0 Å². The minimum Gasteiger partial charge on any atom is -0.802 e. The first-order chi connectivity index (χ1) is 2.27. The van der Waals surface area contributed by atoms with Crippen LogP contribution in [0, 0.1) is 6.92 Å². The maximum Gasteiger partial charge on any atom is 1.00 e. The maximum atomic E-state index is 9.38. The van der Waals surface area contributed by atoms with E-state index in [0.29, 0.717) is 0 Å². The van der Waals surface area contributed by atoms with E-state index in [9.17, 15) is 9.46 Å². The third-order valence-electron chi connectivity index (χ3n) is 0.204. The Morgan fingerprint density at radius 3 is 2.00 bits per heavy atom. The van der Waals surface area contributed by atoms with Gasteiger partial charge in [-0.15, -0.1) is 0 Å². The van der Waals surface area contributed by atoms with Crippen LogP contribution in [0.4, 0.5) is 0 Å². The molecule has 31 valence electrons. The zero-order chi connectivity index (χ0) is 4.28. The van der Waals surface area contributed by atoms with Gasteiger partial charge in [-0.05, 0) is 13.1 Å². The molecule has 0 saturated carbocycles. The smallest absolute Gasteiger partial charge is 0.802 e. The van der Waals surface area contributed by atoms with E-state index in [0.717, 1.165) is 0 Å². The van der Waals surface area contributed by atoms with Crippen molar-refractivity contribution in [3.05, 3.63) is 6.92 Å². The third-order valence-corrected chi connectivity index (χ3v) is 0.612. The van der Waals surface area contributed by atoms with Crippen LogP contribution in [-0.2, 0) is 4.57 Å². The van der Waals surface area contributed by atoms with Gasteiger partial charge >= 0.3 is 29.6 Å². The summed E-state index contributed by atoms with van der Waals surface area (Å²) in [5.41, 5.74) is 0. The van der Waals surface area contributed by atoms with Crippen LogP contribution in [0.25, 0.3) is 0 Å². The average molecular weight is 115 g/mol. The van der Waals surface area contributed by atoms with Gasteiger partial charge in [0.2, 0.25) is 0 Å². The minimum atomic E-state index is -2.49. The van der Waals surface area contributed by atoms with Crippen molar-refractivity contribution in [1.82, 2.24) is 0 Å². The molecule has 0 aromatic heterocycles. The Kier molecular flexibility index (Phi) is 10.6. The fourth-order valence-electron chi connectivity index (χ4n) is 0. The predicted molar refractivity (Wildman–Crippen MR) is 19.2 cm³/mol. The molecule has 0 saturated heterocycles. The molecular formula is C2H5NaO2P. The van der Waals surface area contributed by atoms with Gasteiger partial charge in [0.25, 0.3) is 0 Å². The van der Waals surface area contributed by atoms with Crippen LogP contribution >= 0.6 is 8.03 Å². The molecule has 0 aromatic rings. The van der Waals surface area contributed by atoms with Crippen molar-refractivity contribution < 1.29 is 39.0 Å². The standard InChI is InChI=1S/C2H6O2P.Na/c1-2-5(3)4;/h5H,1-2H2,(H,3,4);/q;+1/p-1. The summed E-state index contributed by atoms with van der Waals surface area (Å²) in [6, 6.07) is 0. The Hall–Kier alpha value is 1.19. The topological polar surface area (TPSA) is 40.1 Å². The summed E-state index contributed by atoms with van der Waals surface area (Å²) in [5, 5.41) is 0. The van der Waals surface area contributed by atoms with Crippen LogP contribution in [-0.4, -0.2) is 6.16 Å². The monoisotopic (exact) mass is 115 g/mol. The van der Waals surface area contributed by atoms with Gasteiger partial charge in [-0.25, -0.2) is 0 Å². The van der Waals surface area contributed by atoms with Gasteiger partial charge in [0, 0.05) is 8.03 Å². The van der Waals surface area contributed by atoms with Crippen LogP contribution in [0.2, 0.25) is 0 Å². The predicted octanol–water partition coefficient (Wildman–Crippen LogP) is -3.34. The normalized spacial score (nSPS) is 12.3. The van der Waals surface area contributed by atoms with Crippen molar-refractivity contribution in [3.8, 4) is 0 Å². The molecule has 1 atom stereocenters. The van der Waals surface area contributed by atoms with E-state index in [1.54, 1.807) is 0 Å². The summed E-state index contributed by atoms with van der Waals surface area (Å²) in [4.78, 5) is 9.38. The zero-order valence-corrected chi connectivity index (χ0v) is 6.73. The molecule has 6 heavy (non-hydrogen) atoms. The van der Waals surface area contributed by atoms with Gasteiger partial charge in [0.15, 0.2) is 0 Å². The summed E-state index contributed by atoms with van der Waals surface area (Å²) in [6.45, 7) is 3.11. The molecule has 0 aliphatic carbocycles. The molecule has 1 radical (unpaired) electrons. The minimum absolute atomic E-state index is 0.